The minimum Gasteiger partial charge on any atom is -0.457 e. The van der Waals surface area contributed by atoms with Crippen molar-refractivity contribution in [3.8, 4) is 11.5 Å². The Hall–Kier alpha value is -1.39. The maximum atomic E-state index is 13.5. The number of para-hydroxylation sites is 1. The van der Waals surface area contributed by atoms with Gasteiger partial charge in [-0.25, -0.2) is 4.39 Å². The topological polar surface area (TPSA) is 21.3 Å². The number of ether oxygens (including phenoxy) is 1. The molecule has 1 fully saturated rings. The van der Waals surface area contributed by atoms with E-state index in [4.69, 9.17) is 4.74 Å². The van der Waals surface area contributed by atoms with Gasteiger partial charge in [0.05, 0.1) is 4.47 Å². The van der Waals surface area contributed by atoms with E-state index in [0.717, 1.165) is 17.9 Å². The maximum absolute atomic E-state index is 13.5. The van der Waals surface area contributed by atoms with Gasteiger partial charge in [0.2, 0.25) is 0 Å². The summed E-state index contributed by atoms with van der Waals surface area (Å²) in [4.78, 5) is 0. The van der Waals surface area contributed by atoms with E-state index < -0.39 is 0 Å². The SMILES string of the molecule is Fc1cc(Oc2ccccc2CNC2CC2)ccc1Br. The van der Waals surface area contributed by atoms with E-state index in [9.17, 15) is 4.39 Å². The molecule has 0 aromatic heterocycles. The predicted molar refractivity (Wildman–Crippen MR) is 80.5 cm³/mol. The van der Waals surface area contributed by atoms with Crippen molar-refractivity contribution in [3.05, 3.63) is 58.3 Å². The molecule has 20 heavy (non-hydrogen) atoms. The van der Waals surface area contributed by atoms with Crippen LogP contribution >= 0.6 is 15.9 Å². The average molecular weight is 336 g/mol. The summed E-state index contributed by atoms with van der Waals surface area (Å²) in [5.74, 6) is 0.947. The molecule has 0 unspecified atom stereocenters. The number of benzene rings is 2. The molecule has 3 rings (SSSR count). The minimum absolute atomic E-state index is 0.323. The van der Waals surface area contributed by atoms with Crippen molar-refractivity contribution in [1.29, 1.82) is 0 Å². The van der Waals surface area contributed by atoms with Crippen LogP contribution in [0.3, 0.4) is 0 Å². The van der Waals surface area contributed by atoms with Crippen LogP contribution in [0.5, 0.6) is 11.5 Å². The Balaban J connectivity index is 1.76. The third-order valence-electron chi connectivity index (χ3n) is 3.25. The summed E-state index contributed by atoms with van der Waals surface area (Å²) in [7, 11) is 0. The molecular weight excluding hydrogens is 321 g/mol. The Kier molecular flexibility index (Phi) is 4.03. The second-order valence-electron chi connectivity index (χ2n) is 4.94. The lowest BCUT2D eigenvalue weighted by Gasteiger charge is -2.12. The summed E-state index contributed by atoms with van der Waals surface area (Å²) in [6.07, 6.45) is 2.50. The number of rotatable bonds is 5. The van der Waals surface area contributed by atoms with Crippen LogP contribution in [0.15, 0.2) is 46.9 Å². The van der Waals surface area contributed by atoms with E-state index in [2.05, 4.69) is 21.2 Å². The van der Waals surface area contributed by atoms with Crippen LogP contribution in [-0.2, 0) is 6.54 Å². The zero-order valence-corrected chi connectivity index (χ0v) is 12.5. The molecule has 0 heterocycles. The third-order valence-corrected chi connectivity index (χ3v) is 3.89. The first-order valence-electron chi connectivity index (χ1n) is 6.66. The first-order chi connectivity index (χ1) is 9.72. The number of hydrogen-bond donors (Lipinski definition) is 1. The van der Waals surface area contributed by atoms with Crippen molar-refractivity contribution in [2.45, 2.75) is 25.4 Å². The Morgan fingerprint density at radius 2 is 2.00 bits per heavy atom. The van der Waals surface area contributed by atoms with Crippen molar-refractivity contribution < 1.29 is 9.13 Å². The highest BCUT2D eigenvalue weighted by Gasteiger charge is 2.20. The van der Waals surface area contributed by atoms with Crippen molar-refractivity contribution in [2.75, 3.05) is 0 Å². The molecule has 1 N–H and O–H groups in total. The molecular formula is C16H15BrFNO. The minimum atomic E-state index is -0.323. The summed E-state index contributed by atoms with van der Waals surface area (Å²) in [5.41, 5.74) is 1.09. The summed E-state index contributed by atoms with van der Waals surface area (Å²) in [6, 6.07) is 13.3. The molecule has 0 amide bonds. The van der Waals surface area contributed by atoms with Gasteiger partial charge in [0.15, 0.2) is 0 Å². The van der Waals surface area contributed by atoms with Crippen molar-refractivity contribution in [1.82, 2.24) is 5.32 Å². The van der Waals surface area contributed by atoms with Gasteiger partial charge in [0.1, 0.15) is 17.3 Å². The molecule has 1 aliphatic carbocycles. The molecule has 2 aromatic carbocycles. The van der Waals surface area contributed by atoms with Crippen LogP contribution in [0.4, 0.5) is 4.39 Å². The Morgan fingerprint density at radius 1 is 1.20 bits per heavy atom. The van der Waals surface area contributed by atoms with Crippen molar-refractivity contribution in [3.63, 3.8) is 0 Å². The van der Waals surface area contributed by atoms with Crippen molar-refractivity contribution >= 4 is 15.9 Å². The zero-order chi connectivity index (χ0) is 13.9. The van der Waals surface area contributed by atoms with Gasteiger partial charge in [-0.1, -0.05) is 18.2 Å². The van der Waals surface area contributed by atoms with E-state index in [1.807, 2.05) is 24.3 Å². The van der Waals surface area contributed by atoms with Crippen LogP contribution in [0.1, 0.15) is 18.4 Å². The second-order valence-corrected chi connectivity index (χ2v) is 5.80. The molecule has 2 nitrogen and oxygen atoms in total. The van der Waals surface area contributed by atoms with E-state index in [1.165, 1.54) is 18.9 Å². The first-order valence-corrected chi connectivity index (χ1v) is 7.46. The molecule has 1 aliphatic rings. The Bertz CT molecular complexity index is 613. The highest BCUT2D eigenvalue weighted by atomic mass is 79.9. The normalized spacial score (nSPS) is 14.3. The molecule has 4 heteroatoms. The van der Waals surface area contributed by atoms with Crippen LogP contribution in [0.25, 0.3) is 0 Å². The van der Waals surface area contributed by atoms with Gasteiger partial charge in [-0.15, -0.1) is 0 Å². The van der Waals surface area contributed by atoms with Crippen molar-refractivity contribution in [2.24, 2.45) is 0 Å². The van der Waals surface area contributed by atoms with E-state index >= 15 is 0 Å². The summed E-state index contributed by atoms with van der Waals surface area (Å²) in [5, 5.41) is 3.46. The molecule has 0 atom stereocenters. The zero-order valence-electron chi connectivity index (χ0n) is 10.9. The van der Waals surface area contributed by atoms with Gasteiger partial charge in [-0.3, -0.25) is 0 Å². The highest BCUT2D eigenvalue weighted by Crippen LogP contribution is 2.28. The van der Waals surface area contributed by atoms with Gasteiger partial charge in [-0.05, 0) is 47.0 Å². The Labute approximate surface area is 126 Å². The van der Waals surface area contributed by atoms with Gasteiger partial charge in [0, 0.05) is 24.2 Å². The summed E-state index contributed by atoms with van der Waals surface area (Å²) in [6.45, 7) is 0.778. The predicted octanol–water partition coefficient (Wildman–Crippen LogP) is 4.63. The fraction of sp³-hybridized carbons (Fsp3) is 0.250. The van der Waals surface area contributed by atoms with Crippen LogP contribution in [0, 0.1) is 5.82 Å². The van der Waals surface area contributed by atoms with Gasteiger partial charge in [0.25, 0.3) is 0 Å². The smallest absolute Gasteiger partial charge is 0.141 e. The van der Waals surface area contributed by atoms with E-state index in [-0.39, 0.29) is 5.82 Å². The van der Waals surface area contributed by atoms with Crippen LogP contribution in [0.2, 0.25) is 0 Å². The monoisotopic (exact) mass is 335 g/mol. The number of hydrogen-bond acceptors (Lipinski definition) is 2. The molecule has 1 saturated carbocycles. The first kappa shape index (κ1) is 13.6. The van der Waals surface area contributed by atoms with E-state index in [1.54, 1.807) is 12.1 Å². The molecule has 0 saturated heterocycles. The number of nitrogens with one attached hydrogen (secondary N) is 1. The fourth-order valence-corrected chi connectivity index (χ4v) is 2.21. The average Bonchev–Trinajstić information content (AvgIpc) is 3.26. The summed E-state index contributed by atoms with van der Waals surface area (Å²) < 4.78 is 19.7. The lowest BCUT2D eigenvalue weighted by molar-refractivity contribution is 0.467. The lowest BCUT2D eigenvalue weighted by Crippen LogP contribution is -2.15. The molecule has 0 bridgehead atoms. The molecule has 0 aliphatic heterocycles. The summed E-state index contributed by atoms with van der Waals surface area (Å²) >= 11 is 3.14. The second kappa shape index (κ2) is 5.94. The van der Waals surface area contributed by atoms with Crippen LogP contribution in [-0.4, -0.2) is 6.04 Å². The molecule has 104 valence electrons. The Morgan fingerprint density at radius 3 is 2.75 bits per heavy atom. The third kappa shape index (κ3) is 3.38. The van der Waals surface area contributed by atoms with Gasteiger partial charge < -0.3 is 10.1 Å². The molecule has 0 spiro atoms. The lowest BCUT2D eigenvalue weighted by atomic mass is 10.2. The maximum Gasteiger partial charge on any atom is 0.141 e. The van der Waals surface area contributed by atoms with E-state index in [0.29, 0.717) is 16.3 Å². The molecule has 2 aromatic rings. The highest BCUT2D eigenvalue weighted by molar-refractivity contribution is 9.10. The molecule has 0 radical (unpaired) electrons. The number of halogens is 2. The largest absolute Gasteiger partial charge is 0.457 e. The fourth-order valence-electron chi connectivity index (χ4n) is 1.96. The quantitative estimate of drug-likeness (QED) is 0.859. The van der Waals surface area contributed by atoms with Crippen LogP contribution < -0.4 is 10.1 Å². The standard InChI is InChI=1S/C16H15BrFNO/c17-14-8-7-13(9-15(14)18)20-16-4-2-1-3-11(16)10-19-12-5-6-12/h1-4,7-9,12,19H,5-6,10H2. The van der Waals surface area contributed by atoms with Gasteiger partial charge in [-0.2, -0.15) is 0 Å². The van der Waals surface area contributed by atoms with Gasteiger partial charge >= 0.3 is 0 Å².